The molecule has 2 fully saturated rings. The van der Waals surface area contributed by atoms with Gasteiger partial charge in [-0.15, -0.1) is 0 Å². The number of anilines is 1. The van der Waals surface area contributed by atoms with Gasteiger partial charge >= 0.3 is 0 Å². The maximum atomic E-state index is 12.2. The van der Waals surface area contributed by atoms with Gasteiger partial charge in [0.2, 0.25) is 11.8 Å². The molecule has 23 heavy (non-hydrogen) atoms. The van der Waals surface area contributed by atoms with Gasteiger partial charge in [-0.2, -0.15) is 0 Å². The standard InChI is InChI=1S/C17H23N3O3/c1-11(19-17(23)15-9-14(21)10-18-15)12-4-6-13(7-5-12)20-8-2-3-16(20)22/h4-7,11,14-15,18,21H,2-3,8-10H2,1H3,(H,19,23)/t11-,14+,15-/m0/s1. The van der Waals surface area contributed by atoms with Gasteiger partial charge in [-0.1, -0.05) is 12.1 Å². The molecule has 6 heteroatoms. The summed E-state index contributed by atoms with van der Waals surface area (Å²) in [7, 11) is 0. The molecule has 2 heterocycles. The third kappa shape index (κ3) is 3.54. The molecule has 2 amide bonds. The van der Waals surface area contributed by atoms with E-state index in [1.165, 1.54) is 0 Å². The summed E-state index contributed by atoms with van der Waals surface area (Å²) in [4.78, 5) is 25.7. The minimum atomic E-state index is -0.446. The molecule has 0 aliphatic carbocycles. The molecule has 0 bridgehead atoms. The Balaban J connectivity index is 1.60. The van der Waals surface area contributed by atoms with E-state index in [0.29, 0.717) is 19.4 Å². The fraction of sp³-hybridized carbons (Fsp3) is 0.529. The zero-order valence-corrected chi connectivity index (χ0v) is 13.3. The first kappa shape index (κ1) is 16.0. The van der Waals surface area contributed by atoms with Crippen molar-refractivity contribution in [3.05, 3.63) is 29.8 Å². The second kappa shape index (κ2) is 6.68. The smallest absolute Gasteiger partial charge is 0.237 e. The third-order valence-corrected chi connectivity index (χ3v) is 4.56. The second-order valence-corrected chi connectivity index (χ2v) is 6.32. The number of β-amino-alcohol motifs (C(OH)–C–C–N with tert-alkyl or cyclic N) is 1. The number of benzene rings is 1. The number of aliphatic hydroxyl groups excluding tert-OH is 1. The van der Waals surface area contributed by atoms with Crippen LogP contribution < -0.4 is 15.5 Å². The monoisotopic (exact) mass is 317 g/mol. The van der Waals surface area contributed by atoms with Crippen LogP contribution in [0.4, 0.5) is 5.69 Å². The summed E-state index contributed by atoms with van der Waals surface area (Å²) in [5.41, 5.74) is 1.91. The zero-order chi connectivity index (χ0) is 16.4. The lowest BCUT2D eigenvalue weighted by atomic mass is 10.1. The van der Waals surface area contributed by atoms with Crippen LogP contribution in [0.1, 0.15) is 37.8 Å². The summed E-state index contributed by atoms with van der Waals surface area (Å²) in [6, 6.07) is 7.31. The van der Waals surface area contributed by atoms with Gasteiger partial charge in [0.25, 0.3) is 0 Å². The Kier molecular flexibility index (Phi) is 4.63. The molecule has 3 atom stereocenters. The van der Waals surface area contributed by atoms with Crippen molar-refractivity contribution < 1.29 is 14.7 Å². The highest BCUT2D eigenvalue weighted by molar-refractivity contribution is 5.95. The van der Waals surface area contributed by atoms with Crippen molar-refractivity contribution >= 4 is 17.5 Å². The molecular formula is C17H23N3O3. The van der Waals surface area contributed by atoms with E-state index < -0.39 is 6.10 Å². The number of carbonyl (C=O) groups is 2. The lowest BCUT2D eigenvalue weighted by Crippen LogP contribution is -2.41. The lowest BCUT2D eigenvalue weighted by molar-refractivity contribution is -0.123. The van der Waals surface area contributed by atoms with E-state index in [1.807, 2.05) is 31.2 Å². The molecule has 2 aliphatic rings. The molecule has 0 saturated carbocycles. The molecule has 124 valence electrons. The molecule has 0 spiro atoms. The van der Waals surface area contributed by atoms with Crippen molar-refractivity contribution in [1.29, 1.82) is 0 Å². The number of hydrogen-bond donors (Lipinski definition) is 3. The first-order chi connectivity index (χ1) is 11.0. The van der Waals surface area contributed by atoms with E-state index in [0.717, 1.165) is 24.2 Å². The molecule has 0 radical (unpaired) electrons. The van der Waals surface area contributed by atoms with Crippen LogP contribution in [0.2, 0.25) is 0 Å². The Morgan fingerprint density at radius 3 is 2.70 bits per heavy atom. The van der Waals surface area contributed by atoms with Crippen LogP contribution in [0, 0.1) is 0 Å². The number of nitrogens with zero attached hydrogens (tertiary/aromatic N) is 1. The molecule has 2 saturated heterocycles. The van der Waals surface area contributed by atoms with E-state index in [4.69, 9.17) is 0 Å². The Morgan fingerprint density at radius 1 is 1.39 bits per heavy atom. The van der Waals surface area contributed by atoms with Crippen LogP contribution in [-0.2, 0) is 9.59 Å². The summed E-state index contributed by atoms with van der Waals surface area (Å²) in [5, 5.41) is 15.5. The Bertz CT molecular complexity index is 587. The highest BCUT2D eigenvalue weighted by Gasteiger charge is 2.28. The van der Waals surface area contributed by atoms with Gasteiger partial charge < -0.3 is 20.6 Å². The molecule has 0 aromatic heterocycles. The Labute approximate surface area is 135 Å². The van der Waals surface area contributed by atoms with Crippen LogP contribution in [0.15, 0.2) is 24.3 Å². The van der Waals surface area contributed by atoms with Gasteiger partial charge in [0, 0.05) is 25.2 Å². The summed E-state index contributed by atoms with van der Waals surface area (Å²) in [6.45, 7) is 3.17. The number of hydrogen-bond acceptors (Lipinski definition) is 4. The van der Waals surface area contributed by atoms with Crippen molar-refractivity contribution in [3.63, 3.8) is 0 Å². The Morgan fingerprint density at radius 2 is 2.13 bits per heavy atom. The average Bonchev–Trinajstić information content (AvgIpc) is 3.16. The molecule has 6 nitrogen and oxygen atoms in total. The molecule has 1 aromatic carbocycles. The number of carbonyl (C=O) groups excluding carboxylic acids is 2. The van der Waals surface area contributed by atoms with Crippen LogP contribution in [0.25, 0.3) is 0 Å². The summed E-state index contributed by atoms with van der Waals surface area (Å²) >= 11 is 0. The van der Waals surface area contributed by atoms with Crippen LogP contribution in [0.3, 0.4) is 0 Å². The van der Waals surface area contributed by atoms with E-state index in [1.54, 1.807) is 4.90 Å². The normalized spacial score (nSPS) is 25.7. The molecule has 3 N–H and O–H groups in total. The van der Waals surface area contributed by atoms with E-state index in [9.17, 15) is 14.7 Å². The zero-order valence-electron chi connectivity index (χ0n) is 13.3. The van der Waals surface area contributed by atoms with E-state index in [2.05, 4.69) is 10.6 Å². The van der Waals surface area contributed by atoms with Gasteiger partial charge in [-0.3, -0.25) is 9.59 Å². The highest BCUT2D eigenvalue weighted by atomic mass is 16.3. The highest BCUT2D eigenvalue weighted by Crippen LogP contribution is 2.23. The van der Waals surface area contributed by atoms with Crippen LogP contribution in [-0.4, -0.2) is 42.2 Å². The van der Waals surface area contributed by atoms with Gasteiger partial charge in [-0.05, 0) is 37.5 Å². The maximum absolute atomic E-state index is 12.2. The van der Waals surface area contributed by atoms with E-state index in [-0.39, 0.29) is 23.9 Å². The lowest BCUT2D eigenvalue weighted by Gasteiger charge is -2.20. The van der Waals surface area contributed by atoms with Gasteiger partial charge in [0.05, 0.1) is 18.2 Å². The predicted molar refractivity (Wildman–Crippen MR) is 87.0 cm³/mol. The van der Waals surface area contributed by atoms with Crippen molar-refractivity contribution in [3.8, 4) is 0 Å². The van der Waals surface area contributed by atoms with Crippen molar-refractivity contribution in [2.24, 2.45) is 0 Å². The number of nitrogens with one attached hydrogen (secondary N) is 2. The van der Waals surface area contributed by atoms with Crippen LogP contribution in [0.5, 0.6) is 0 Å². The van der Waals surface area contributed by atoms with Crippen LogP contribution >= 0.6 is 0 Å². The number of aliphatic hydroxyl groups is 1. The van der Waals surface area contributed by atoms with Gasteiger partial charge in [0.1, 0.15) is 0 Å². The molecule has 0 unspecified atom stereocenters. The topological polar surface area (TPSA) is 81.7 Å². The van der Waals surface area contributed by atoms with Gasteiger partial charge in [0.15, 0.2) is 0 Å². The fourth-order valence-electron chi connectivity index (χ4n) is 3.18. The summed E-state index contributed by atoms with van der Waals surface area (Å²) in [6.07, 6.45) is 1.54. The SMILES string of the molecule is C[C@H](NC(=O)[C@@H]1C[C@@H](O)CN1)c1ccc(N2CCCC2=O)cc1. The first-order valence-electron chi connectivity index (χ1n) is 8.17. The van der Waals surface area contributed by atoms with Crippen molar-refractivity contribution in [2.45, 2.75) is 44.4 Å². The Hall–Kier alpha value is -1.92. The largest absolute Gasteiger partial charge is 0.392 e. The maximum Gasteiger partial charge on any atom is 0.237 e. The second-order valence-electron chi connectivity index (χ2n) is 6.32. The third-order valence-electron chi connectivity index (χ3n) is 4.56. The van der Waals surface area contributed by atoms with E-state index >= 15 is 0 Å². The predicted octanol–water partition coefficient (Wildman–Crippen LogP) is 0.713. The fourth-order valence-corrected chi connectivity index (χ4v) is 3.18. The average molecular weight is 317 g/mol. The molecule has 3 rings (SSSR count). The van der Waals surface area contributed by atoms with Crippen molar-refractivity contribution in [1.82, 2.24) is 10.6 Å². The van der Waals surface area contributed by atoms with Gasteiger partial charge in [-0.25, -0.2) is 0 Å². The molecule has 2 aliphatic heterocycles. The minimum Gasteiger partial charge on any atom is -0.392 e. The summed E-state index contributed by atoms with van der Waals surface area (Å²) < 4.78 is 0. The number of amides is 2. The molecular weight excluding hydrogens is 294 g/mol. The molecule has 1 aromatic rings. The van der Waals surface area contributed by atoms with Crippen molar-refractivity contribution in [2.75, 3.05) is 18.0 Å². The quantitative estimate of drug-likeness (QED) is 0.764. The minimum absolute atomic E-state index is 0.0900. The number of rotatable bonds is 4. The summed E-state index contributed by atoms with van der Waals surface area (Å²) in [5.74, 6) is 0.0813. The first-order valence-corrected chi connectivity index (χ1v) is 8.17.